The number of carbonyl (C=O) groups is 2. The highest BCUT2D eigenvalue weighted by molar-refractivity contribution is 7.10. The lowest BCUT2D eigenvalue weighted by molar-refractivity contribution is -0.126. The average Bonchev–Trinajstić information content (AvgIpc) is 3.21. The van der Waals surface area contributed by atoms with E-state index in [1.807, 2.05) is 17.5 Å². The van der Waals surface area contributed by atoms with Crippen LogP contribution in [-0.4, -0.2) is 23.7 Å². The molecule has 0 radical (unpaired) electrons. The van der Waals surface area contributed by atoms with Crippen LogP contribution >= 0.6 is 22.9 Å². The van der Waals surface area contributed by atoms with Crippen LogP contribution in [0.15, 0.2) is 41.8 Å². The van der Waals surface area contributed by atoms with Crippen molar-refractivity contribution in [2.24, 2.45) is 0 Å². The number of nitrogens with one attached hydrogen (secondary N) is 1. The van der Waals surface area contributed by atoms with Crippen molar-refractivity contribution in [2.45, 2.75) is 44.2 Å². The summed E-state index contributed by atoms with van der Waals surface area (Å²) in [4.78, 5) is 28.0. The SMILES string of the molecule is O=C(NC1CCCCC1)[C@H](c1cccs1)N(C(=O)CCl)c1ccc(F)cc1. The molecule has 2 aromatic rings. The van der Waals surface area contributed by atoms with Gasteiger partial charge in [0.1, 0.15) is 17.7 Å². The molecule has 0 saturated heterocycles. The van der Waals surface area contributed by atoms with Crippen LogP contribution in [0.2, 0.25) is 0 Å². The summed E-state index contributed by atoms with van der Waals surface area (Å²) in [6, 6.07) is 8.49. The Labute approximate surface area is 167 Å². The molecule has 1 aromatic heterocycles. The quantitative estimate of drug-likeness (QED) is 0.707. The molecule has 1 atom stereocenters. The molecular weight excluding hydrogens is 387 g/mol. The molecule has 0 unspecified atom stereocenters. The molecule has 7 heteroatoms. The third-order valence-corrected chi connectivity index (χ3v) is 5.91. The molecule has 0 aliphatic heterocycles. The van der Waals surface area contributed by atoms with Gasteiger partial charge in [0.05, 0.1) is 0 Å². The first-order valence-electron chi connectivity index (χ1n) is 9.07. The molecule has 1 aliphatic rings. The first-order valence-corrected chi connectivity index (χ1v) is 10.5. The molecule has 1 heterocycles. The summed E-state index contributed by atoms with van der Waals surface area (Å²) in [5.41, 5.74) is 0.444. The number of halogens is 2. The Morgan fingerprint density at radius 3 is 2.48 bits per heavy atom. The zero-order chi connectivity index (χ0) is 19.2. The van der Waals surface area contributed by atoms with Crippen LogP contribution < -0.4 is 10.2 Å². The number of benzene rings is 1. The van der Waals surface area contributed by atoms with Gasteiger partial charge in [-0.15, -0.1) is 22.9 Å². The van der Waals surface area contributed by atoms with E-state index < -0.39 is 17.8 Å². The van der Waals surface area contributed by atoms with Crippen molar-refractivity contribution in [1.82, 2.24) is 5.32 Å². The predicted molar refractivity (Wildman–Crippen MR) is 107 cm³/mol. The summed E-state index contributed by atoms with van der Waals surface area (Å²) in [5, 5.41) is 4.97. The number of thiophene rings is 1. The molecule has 1 N–H and O–H groups in total. The van der Waals surface area contributed by atoms with Crippen molar-refractivity contribution in [1.29, 1.82) is 0 Å². The van der Waals surface area contributed by atoms with Crippen molar-refractivity contribution in [3.8, 4) is 0 Å². The minimum absolute atomic E-state index is 0.120. The molecule has 2 amide bonds. The Hall–Kier alpha value is -1.92. The maximum Gasteiger partial charge on any atom is 0.248 e. The van der Waals surface area contributed by atoms with Gasteiger partial charge in [-0.25, -0.2) is 4.39 Å². The highest BCUT2D eigenvalue weighted by atomic mass is 35.5. The lowest BCUT2D eigenvalue weighted by Gasteiger charge is -2.32. The van der Waals surface area contributed by atoms with Crippen molar-refractivity contribution in [3.63, 3.8) is 0 Å². The standard InChI is InChI=1S/C20H22ClFN2O2S/c21-13-18(25)24(16-10-8-14(22)9-11-16)19(17-7-4-12-27-17)20(26)23-15-5-2-1-3-6-15/h4,7-12,15,19H,1-3,5-6,13H2,(H,23,26)/t19-/m0/s1. The van der Waals surface area contributed by atoms with Crippen molar-refractivity contribution in [3.05, 3.63) is 52.5 Å². The fourth-order valence-electron chi connectivity index (χ4n) is 3.45. The van der Waals surface area contributed by atoms with Crippen molar-refractivity contribution >= 4 is 40.4 Å². The second kappa shape index (κ2) is 9.33. The van der Waals surface area contributed by atoms with Gasteiger partial charge in [-0.05, 0) is 48.6 Å². The van der Waals surface area contributed by atoms with Crippen LogP contribution in [0.25, 0.3) is 0 Å². The highest BCUT2D eigenvalue weighted by Crippen LogP contribution is 2.31. The Morgan fingerprint density at radius 1 is 1.19 bits per heavy atom. The number of amides is 2. The average molecular weight is 409 g/mol. The summed E-state index contributed by atoms with van der Waals surface area (Å²) < 4.78 is 13.4. The summed E-state index contributed by atoms with van der Waals surface area (Å²) in [5.74, 6) is -1.31. The van der Waals surface area contributed by atoms with Gasteiger partial charge in [-0.1, -0.05) is 25.3 Å². The Kier molecular flexibility index (Phi) is 6.85. The molecule has 3 rings (SSSR count). The topological polar surface area (TPSA) is 49.4 Å². The van der Waals surface area contributed by atoms with Gasteiger partial charge >= 0.3 is 0 Å². The molecule has 0 spiro atoms. The Bertz CT molecular complexity index is 761. The minimum atomic E-state index is -0.830. The number of hydrogen-bond donors (Lipinski definition) is 1. The molecule has 1 fully saturated rings. The van der Waals surface area contributed by atoms with E-state index in [0.717, 1.165) is 30.6 Å². The summed E-state index contributed by atoms with van der Waals surface area (Å²) in [6.07, 6.45) is 5.27. The Balaban J connectivity index is 1.94. The largest absolute Gasteiger partial charge is 0.351 e. The third kappa shape index (κ3) is 4.87. The first kappa shape index (κ1) is 19.8. The maximum absolute atomic E-state index is 13.4. The van der Waals surface area contributed by atoms with E-state index in [0.29, 0.717) is 5.69 Å². The molecule has 0 bridgehead atoms. The van der Waals surface area contributed by atoms with Crippen LogP contribution in [-0.2, 0) is 9.59 Å². The van der Waals surface area contributed by atoms with Gasteiger partial charge in [0.2, 0.25) is 11.8 Å². The zero-order valence-electron chi connectivity index (χ0n) is 14.9. The predicted octanol–water partition coefficient (Wildman–Crippen LogP) is 4.65. The number of anilines is 1. The maximum atomic E-state index is 13.4. The Morgan fingerprint density at radius 2 is 1.89 bits per heavy atom. The molecule has 1 aliphatic carbocycles. The lowest BCUT2D eigenvalue weighted by Crippen LogP contribution is -2.47. The summed E-state index contributed by atoms with van der Waals surface area (Å²) in [7, 11) is 0. The van der Waals surface area contributed by atoms with E-state index in [1.165, 1.54) is 46.9 Å². The summed E-state index contributed by atoms with van der Waals surface area (Å²) in [6.45, 7) is 0. The highest BCUT2D eigenvalue weighted by Gasteiger charge is 2.34. The van der Waals surface area contributed by atoms with Gasteiger partial charge in [-0.2, -0.15) is 0 Å². The molecule has 1 aromatic carbocycles. The van der Waals surface area contributed by atoms with Crippen molar-refractivity contribution < 1.29 is 14.0 Å². The normalized spacial score (nSPS) is 15.9. The van der Waals surface area contributed by atoms with Crippen LogP contribution in [0.1, 0.15) is 43.0 Å². The number of rotatable bonds is 6. The summed E-state index contributed by atoms with van der Waals surface area (Å²) >= 11 is 7.24. The third-order valence-electron chi connectivity index (χ3n) is 4.76. The molecule has 144 valence electrons. The monoisotopic (exact) mass is 408 g/mol. The van der Waals surface area contributed by atoms with E-state index in [2.05, 4.69) is 5.32 Å². The van der Waals surface area contributed by atoms with Crippen LogP contribution in [0.3, 0.4) is 0 Å². The van der Waals surface area contributed by atoms with E-state index in [-0.39, 0.29) is 17.8 Å². The molecule has 4 nitrogen and oxygen atoms in total. The van der Waals surface area contributed by atoms with E-state index in [4.69, 9.17) is 11.6 Å². The van der Waals surface area contributed by atoms with E-state index >= 15 is 0 Å². The number of nitrogens with zero attached hydrogens (tertiary/aromatic N) is 1. The van der Waals surface area contributed by atoms with Gasteiger partial charge in [0, 0.05) is 16.6 Å². The minimum Gasteiger partial charge on any atom is -0.351 e. The second-order valence-corrected chi connectivity index (χ2v) is 7.88. The number of hydrogen-bond acceptors (Lipinski definition) is 3. The van der Waals surface area contributed by atoms with Gasteiger partial charge in [0.15, 0.2) is 0 Å². The second-order valence-electron chi connectivity index (χ2n) is 6.64. The van der Waals surface area contributed by atoms with Crippen molar-refractivity contribution in [2.75, 3.05) is 10.8 Å². The van der Waals surface area contributed by atoms with Gasteiger partial charge < -0.3 is 5.32 Å². The molecule has 1 saturated carbocycles. The van der Waals surface area contributed by atoms with Gasteiger partial charge in [0.25, 0.3) is 0 Å². The van der Waals surface area contributed by atoms with Gasteiger partial charge in [-0.3, -0.25) is 14.5 Å². The zero-order valence-corrected chi connectivity index (χ0v) is 16.4. The fraction of sp³-hybridized carbons (Fsp3) is 0.400. The fourth-order valence-corrected chi connectivity index (χ4v) is 4.39. The van der Waals surface area contributed by atoms with E-state index in [9.17, 15) is 14.0 Å². The molecular formula is C20H22ClFN2O2S. The molecule has 27 heavy (non-hydrogen) atoms. The number of carbonyl (C=O) groups excluding carboxylic acids is 2. The lowest BCUT2D eigenvalue weighted by atomic mass is 9.95. The van der Waals surface area contributed by atoms with Crippen LogP contribution in [0.4, 0.5) is 10.1 Å². The van der Waals surface area contributed by atoms with E-state index in [1.54, 1.807) is 0 Å². The number of alkyl halides is 1. The first-order chi connectivity index (χ1) is 13.1. The smallest absolute Gasteiger partial charge is 0.248 e. The van der Waals surface area contributed by atoms with Crippen LogP contribution in [0.5, 0.6) is 0 Å². The van der Waals surface area contributed by atoms with Crippen LogP contribution in [0, 0.1) is 5.82 Å².